The first-order valence-electron chi connectivity index (χ1n) is 6.19. The molecule has 0 atom stereocenters. The highest BCUT2D eigenvalue weighted by Gasteiger charge is 2.01. The van der Waals surface area contributed by atoms with Gasteiger partial charge in [0.2, 0.25) is 0 Å². The van der Waals surface area contributed by atoms with Gasteiger partial charge in [0.1, 0.15) is 17.5 Å². The Balaban J connectivity index is 1.78. The van der Waals surface area contributed by atoms with E-state index in [1.807, 2.05) is 26.0 Å². The molecule has 1 aromatic carbocycles. The Morgan fingerprint density at radius 1 is 1.16 bits per heavy atom. The van der Waals surface area contributed by atoms with Crippen LogP contribution < -0.4 is 5.32 Å². The van der Waals surface area contributed by atoms with Gasteiger partial charge in [0.05, 0.1) is 11.0 Å². The number of imidazole rings is 1. The maximum Gasteiger partial charge on any atom is 0.129 e. The normalized spacial score (nSPS) is 10.8. The van der Waals surface area contributed by atoms with Crippen LogP contribution in [0.5, 0.6) is 0 Å². The van der Waals surface area contributed by atoms with Crippen LogP contribution in [0.4, 0.5) is 5.82 Å². The zero-order valence-corrected chi connectivity index (χ0v) is 10.9. The molecule has 5 heteroatoms. The summed E-state index contributed by atoms with van der Waals surface area (Å²) in [4.78, 5) is 16.0. The molecule has 0 fully saturated rings. The molecule has 0 amide bonds. The maximum absolute atomic E-state index is 4.39. The van der Waals surface area contributed by atoms with Crippen molar-refractivity contribution in [1.82, 2.24) is 19.9 Å². The van der Waals surface area contributed by atoms with E-state index in [0.717, 1.165) is 35.0 Å². The number of aryl methyl sites for hydroxylation is 2. The molecule has 96 valence electrons. The molecule has 0 spiro atoms. The minimum absolute atomic E-state index is 0.727. The number of hydrogen-bond acceptors (Lipinski definition) is 4. The van der Waals surface area contributed by atoms with Crippen molar-refractivity contribution < 1.29 is 0 Å². The van der Waals surface area contributed by atoms with E-state index in [2.05, 4.69) is 37.4 Å². The average Bonchev–Trinajstić information content (AvgIpc) is 2.75. The van der Waals surface area contributed by atoms with Crippen LogP contribution in [-0.2, 0) is 6.54 Å². The van der Waals surface area contributed by atoms with E-state index in [0.29, 0.717) is 0 Å². The van der Waals surface area contributed by atoms with Crippen molar-refractivity contribution in [3.8, 4) is 0 Å². The molecule has 5 nitrogen and oxygen atoms in total. The predicted octanol–water partition coefficient (Wildman–Crippen LogP) is 2.58. The lowest BCUT2D eigenvalue weighted by Crippen LogP contribution is -2.02. The SMILES string of the molecule is Cc1nccc(NCc2ccc3nc(C)[nH]c3c2)n1. The molecule has 0 unspecified atom stereocenters. The number of aromatic nitrogens is 4. The third-order valence-corrected chi connectivity index (χ3v) is 2.91. The van der Waals surface area contributed by atoms with Crippen molar-refractivity contribution in [2.45, 2.75) is 20.4 Å². The zero-order valence-electron chi connectivity index (χ0n) is 10.9. The van der Waals surface area contributed by atoms with Gasteiger partial charge < -0.3 is 10.3 Å². The van der Waals surface area contributed by atoms with Gasteiger partial charge in [0.15, 0.2) is 0 Å². The average molecular weight is 253 g/mol. The van der Waals surface area contributed by atoms with Crippen molar-refractivity contribution in [2.75, 3.05) is 5.32 Å². The van der Waals surface area contributed by atoms with Crippen LogP contribution in [0.2, 0.25) is 0 Å². The third kappa shape index (κ3) is 2.54. The number of hydrogen-bond donors (Lipinski definition) is 2. The number of anilines is 1. The summed E-state index contributed by atoms with van der Waals surface area (Å²) in [5.41, 5.74) is 3.25. The molecule has 0 bridgehead atoms. The molecular weight excluding hydrogens is 238 g/mol. The fourth-order valence-electron chi connectivity index (χ4n) is 2.04. The molecule has 19 heavy (non-hydrogen) atoms. The molecule has 0 saturated heterocycles. The number of nitrogens with zero attached hydrogens (tertiary/aromatic N) is 3. The Morgan fingerprint density at radius 2 is 2.05 bits per heavy atom. The van der Waals surface area contributed by atoms with E-state index >= 15 is 0 Å². The van der Waals surface area contributed by atoms with Crippen molar-refractivity contribution in [2.24, 2.45) is 0 Å². The van der Waals surface area contributed by atoms with E-state index in [-0.39, 0.29) is 0 Å². The van der Waals surface area contributed by atoms with Crippen LogP contribution >= 0.6 is 0 Å². The monoisotopic (exact) mass is 253 g/mol. The molecule has 0 radical (unpaired) electrons. The lowest BCUT2D eigenvalue weighted by atomic mass is 10.2. The summed E-state index contributed by atoms with van der Waals surface area (Å²) in [6.45, 7) is 4.57. The summed E-state index contributed by atoms with van der Waals surface area (Å²) < 4.78 is 0. The molecule has 0 saturated carbocycles. The summed E-state index contributed by atoms with van der Waals surface area (Å²) in [6.07, 6.45) is 1.76. The number of rotatable bonds is 3. The largest absolute Gasteiger partial charge is 0.366 e. The first kappa shape index (κ1) is 11.6. The number of benzene rings is 1. The van der Waals surface area contributed by atoms with Gasteiger partial charge >= 0.3 is 0 Å². The van der Waals surface area contributed by atoms with E-state index in [4.69, 9.17) is 0 Å². The topological polar surface area (TPSA) is 66.5 Å². The second kappa shape index (κ2) is 4.68. The number of aromatic amines is 1. The first-order valence-corrected chi connectivity index (χ1v) is 6.19. The molecule has 0 aliphatic heterocycles. The van der Waals surface area contributed by atoms with Crippen LogP contribution in [0, 0.1) is 13.8 Å². The van der Waals surface area contributed by atoms with Gasteiger partial charge in [-0.15, -0.1) is 0 Å². The third-order valence-electron chi connectivity index (χ3n) is 2.91. The summed E-state index contributed by atoms with van der Waals surface area (Å²) in [6, 6.07) is 8.08. The Morgan fingerprint density at radius 3 is 2.89 bits per heavy atom. The quantitative estimate of drug-likeness (QED) is 0.753. The number of H-pyrrole nitrogens is 1. The van der Waals surface area contributed by atoms with Crippen LogP contribution in [0.3, 0.4) is 0 Å². The number of nitrogens with one attached hydrogen (secondary N) is 2. The zero-order chi connectivity index (χ0) is 13.2. The van der Waals surface area contributed by atoms with Crippen molar-refractivity contribution >= 4 is 16.9 Å². The standard InChI is InChI=1S/C14H15N5/c1-9-15-6-5-14(19-9)16-8-11-3-4-12-13(7-11)18-10(2)17-12/h3-7H,8H2,1-2H3,(H,17,18)(H,15,16,19). The fraction of sp³-hybridized carbons (Fsp3) is 0.214. The highest BCUT2D eigenvalue weighted by atomic mass is 15.0. The molecule has 3 aromatic rings. The maximum atomic E-state index is 4.39. The Bertz CT molecular complexity index is 717. The van der Waals surface area contributed by atoms with Crippen LogP contribution in [0.25, 0.3) is 11.0 Å². The highest BCUT2D eigenvalue weighted by molar-refractivity contribution is 5.75. The van der Waals surface area contributed by atoms with Gasteiger partial charge in [-0.1, -0.05) is 6.07 Å². The van der Waals surface area contributed by atoms with E-state index in [9.17, 15) is 0 Å². The molecule has 3 rings (SSSR count). The summed E-state index contributed by atoms with van der Waals surface area (Å²) in [5, 5.41) is 3.29. The summed E-state index contributed by atoms with van der Waals surface area (Å²) in [7, 11) is 0. The smallest absolute Gasteiger partial charge is 0.129 e. The van der Waals surface area contributed by atoms with Crippen LogP contribution in [0.1, 0.15) is 17.2 Å². The number of fused-ring (bicyclic) bond motifs is 1. The van der Waals surface area contributed by atoms with Crippen LogP contribution in [-0.4, -0.2) is 19.9 Å². The van der Waals surface area contributed by atoms with Gasteiger partial charge in [0, 0.05) is 12.7 Å². The molecule has 0 aliphatic rings. The lowest BCUT2D eigenvalue weighted by Gasteiger charge is -2.05. The minimum atomic E-state index is 0.727. The Labute approximate surface area is 111 Å². The fourth-order valence-corrected chi connectivity index (χ4v) is 2.04. The molecule has 2 aromatic heterocycles. The van der Waals surface area contributed by atoms with Crippen molar-refractivity contribution in [3.05, 3.63) is 47.7 Å². The first-order chi connectivity index (χ1) is 9.20. The second-order valence-corrected chi connectivity index (χ2v) is 4.52. The molecule has 2 heterocycles. The summed E-state index contributed by atoms with van der Waals surface area (Å²) in [5.74, 6) is 2.55. The molecular formula is C14H15N5. The van der Waals surface area contributed by atoms with E-state index in [1.165, 1.54) is 5.56 Å². The Hall–Kier alpha value is -2.43. The molecule has 2 N–H and O–H groups in total. The lowest BCUT2D eigenvalue weighted by molar-refractivity contribution is 1.02. The Kier molecular flexibility index (Phi) is 2.87. The summed E-state index contributed by atoms with van der Waals surface area (Å²) >= 11 is 0. The van der Waals surface area contributed by atoms with Gasteiger partial charge in [-0.05, 0) is 37.6 Å². The van der Waals surface area contributed by atoms with Gasteiger partial charge in [-0.3, -0.25) is 0 Å². The minimum Gasteiger partial charge on any atom is -0.366 e. The van der Waals surface area contributed by atoms with Crippen LogP contribution in [0.15, 0.2) is 30.5 Å². The van der Waals surface area contributed by atoms with Gasteiger partial charge in [-0.25, -0.2) is 15.0 Å². The highest BCUT2D eigenvalue weighted by Crippen LogP contribution is 2.14. The predicted molar refractivity (Wildman–Crippen MR) is 74.9 cm³/mol. The second-order valence-electron chi connectivity index (χ2n) is 4.52. The van der Waals surface area contributed by atoms with Crippen molar-refractivity contribution in [3.63, 3.8) is 0 Å². The molecule has 0 aliphatic carbocycles. The van der Waals surface area contributed by atoms with Gasteiger partial charge in [0.25, 0.3) is 0 Å². The van der Waals surface area contributed by atoms with E-state index in [1.54, 1.807) is 6.20 Å². The van der Waals surface area contributed by atoms with Crippen molar-refractivity contribution in [1.29, 1.82) is 0 Å². The van der Waals surface area contributed by atoms with Gasteiger partial charge in [-0.2, -0.15) is 0 Å². The van der Waals surface area contributed by atoms with E-state index < -0.39 is 0 Å².